The van der Waals surface area contributed by atoms with E-state index in [1.807, 2.05) is 0 Å². The van der Waals surface area contributed by atoms with Crippen molar-refractivity contribution < 1.29 is 19.4 Å². The van der Waals surface area contributed by atoms with Gasteiger partial charge in [0.25, 0.3) is 0 Å². The highest BCUT2D eigenvalue weighted by Gasteiger charge is 2.03. The molecule has 110 valence electrons. The van der Waals surface area contributed by atoms with E-state index in [1.54, 1.807) is 36.4 Å². The molecule has 4 nitrogen and oxygen atoms in total. The number of hydrogen-bond acceptors (Lipinski definition) is 5. The number of carboxylic acids is 1. The van der Waals surface area contributed by atoms with Gasteiger partial charge in [-0.15, -0.1) is 25.3 Å². The van der Waals surface area contributed by atoms with Crippen molar-refractivity contribution in [2.24, 2.45) is 0 Å². The van der Waals surface area contributed by atoms with Crippen LogP contribution >= 0.6 is 25.3 Å². The summed E-state index contributed by atoms with van der Waals surface area (Å²) in [4.78, 5) is 22.7. The number of carbonyl (C=O) groups excluding carboxylic acids is 1. The van der Waals surface area contributed by atoms with Crippen molar-refractivity contribution in [3.63, 3.8) is 0 Å². The van der Waals surface area contributed by atoms with Crippen LogP contribution in [0, 0.1) is 0 Å². The van der Waals surface area contributed by atoms with Gasteiger partial charge in [0.1, 0.15) is 0 Å². The zero-order chi connectivity index (χ0) is 15.8. The van der Waals surface area contributed by atoms with Gasteiger partial charge in [-0.1, -0.05) is 12.1 Å². The second-order valence-corrected chi connectivity index (χ2v) is 4.93. The third-order valence-corrected chi connectivity index (χ3v) is 2.92. The summed E-state index contributed by atoms with van der Waals surface area (Å²) in [5.74, 6) is -1.25. The average Bonchev–Trinajstić information content (AvgIpc) is 2.47. The van der Waals surface area contributed by atoms with E-state index in [-0.39, 0.29) is 11.5 Å². The molecule has 0 aliphatic rings. The third-order valence-electron chi connectivity index (χ3n) is 2.36. The van der Waals surface area contributed by atoms with Crippen LogP contribution < -0.4 is 0 Å². The van der Waals surface area contributed by atoms with Crippen molar-refractivity contribution in [1.29, 1.82) is 0 Å². The predicted molar refractivity (Wildman–Crippen MR) is 85.7 cm³/mol. The van der Waals surface area contributed by atoms with Crippen molar-refractivity contribution in [1.82, 2.24) is 0 Å². The lowest BCUT2D eigenvalue weighted by Crippen LogP contribution is -2.00. The van der Waals surface area contributed by atoms with Gasteiger partial charge < -0.3 is 9.84 Å². The van der Waals surface area contributed by atoms with Crippen LogP contribution in [-0.2, 0) is 4.74 Å². The van der Waals surface area contributed by atoms with Gasteiger partial charge in [0.05, 0.1) is 18.2 Å². The number of ether oxygens (including phenoxy) is 1. The molecule has 0 aromatic heterocycles. The number of esters is 1. The van der Waals surface area contributed by atoms with Crippen LogP contribution in [0.1, 0.15) is 20.7 Å². The topological polar surface area (TPSA) is 63.6 Å². The Labute approximate surface area is 133 Å². The summed E-state index contributed by atoms with van der Waals surface area (Å²) in [7, 11) is 1.35. The minimum Gasteiger partial charge on any atom is -0.478 e. The second kappa shape index (κ2) is 8.39. The van der Waals surface area contributed by atoms with Gasteiger partial charge in [-0.05, 0) is 36.4 Å². The highest BCUT2D eigenvalue weighted by atomic mass is 32.1. The zero-order valence-electron chi connectivity index (χ0n) is 11.2. The summed E-state index contributed by atoms with van der Waals surface area (Å²) in [6.45, 7) is 0. The summed E-state index contributed by atoms with van der Waals surface area (Å²) >= 11 is 8.07. The van der Waals surface area contributed by atoms with Gasteiger partial charge in [-0.3, -0.25) is 0 Å². The third kappa shape index (κ3) is 5.93. The van der Waals surface area contributed by atoms with E-state index >= 15 is 0 Å². The molecular weight excluding hydrogens is 308 g/mol. The Morgan fingerprint density at radius 1 is 0.952 bits per heavy atom. The Bertz CT molecular complexity index is 641. The molecule has 2 rings (SSSR count). The Morgan fingerprint density at radius 2 is 1.43 bits per heavy atom. The smallest absolute Gasteiger partial charge is 0.337 e. The van der Waals surface area contributed by atoms with Crippen LogP contribution in [0.25, 0.3) is 0 Å². The van der Waals surface area contributed by atoms with Crippen molar-refractivity contribution >= 4 is 37.2 Å². The first-order valence-corrected chi connectivity index (χ1v) is 6.73. The Kier molecular flexibility index (Phi) is 6.84. The first-order chi connectivity index (χ1) is 9.93. The maximum atomic E-state index is 10.9. The molecule has 6 heteroatoms. The summed E-state index contributed by atoms with van der Waals surface area (Å²) in [6.07, 6.45) is 0. The number of hydrogen-bond donors (Lipinski definition) is 3. The molecule has 0 saturated heterocycles. The fourth-order valence-electron chi connectivity index (χ4n) is 1.39. The van der Waals surface area contributed by atoms with Crippen LogP contribution in [0.5, 0.6) is 0 Å². The summed E-state index contributed by atoms with van der Waals surface area (Å²) in [5.41, 5.74) is 0.799. The number of carboxylic acid groups (broad SMARTS) is 1. The lowest BCUT2D eigenvalue weighted by atomic mass is 10.2. The van der Waals surface area contributed by atoms with Gasteiger partial charge in [0, 0.05) is 9.79 Å². The summed E-state index contributed by atoms with van der Waals surface area (Å²) in [6, 6.07) is 13.3. The van der Waals surface area contributed by atoms with E-state index in [0.717, 1.165) is 4.90 Å². The number of thiol groups is 2. The molecule has 0 unspecified atom stereocenters. The Morgan fingerprint density at radius 3 is 1.81 bits per heavy atom. The molecular formula is C15H14O4S2. The number of benzene rings is 2. The molecule has 0 aliphatic heterocycles. The van der Waals surface area contributed by atoms with Crippen LogP contribution in [0.2, 0.25) is 0 Å². The van der Waals surface area contributed by atoms with Gasteiger partial charge in [-0.25, -0.2) is 9.59 Å². The van der Waals surface area contributed by atoms with Crippen LogP contribution in [-0.4, -0.2) is 24.2 Å². The molecule has 0 atom stereocenters. The second-order valence-electron chi connectivity index (χ2n) is 3.90. The molecule has 0 aliphatic carbocycles. The zero-order valence-corrected chi connectivity index (χ0v) is 13.0. The molecule has 2 aromatic rings. The van der Waals surface area contributed by atoms with Gasteiger partial charge in [-0.2, -0.15) is 0 Å². The molecule has 0 heterocycles. The normalized spacial score (nSPS) is 9.29. The van der Waals surface area contributed by atoms with E-state index in [4.69, 9.17) is 5.11 Å². The molecule has 21 heavy (non-hydrogen) atoms. The quantitative estimate of drug-likeness (QED) is 0.585. The molecule has 0 radical (unpaired) electrons. The summed E-state index contributed by atoms with van der Waals surface area (Å²) < 4.78 is 4.52. The molecule has 0 saturated carbocycles. The van der Waals surface area contributed by atoms with Gasteiger partial charge in [0.15, 0.2) is 0 Å². The minimum absolute atomic E-state index is 0.271. The lowest BCUT2D eigenvalue weighted by molar-refractivity contribution is 0.0599. The fraction of sp³-hybridized carbons (Fsp3) is 0.0667. The van der Waals surface area contributed by atoms with Crippen LogP contribution in [0.15, 0.2) is 58.3 Å². The molecule has 1 N–H and O–H groups in total. The Hall–Kier alpha value is -1.92. The SMILES string of the molecule is COC(=O)c1cccc(S)c1.O=C(O)c1cccc(S)c1. The minimum atomic E-state index is -0.920. The highest BCUT2D eigenvalue weighted by molar-refractivity contribution is 7.80. The van der Waals surface area contributed by atoms with Crippen molar-refractivity contribution in [2.45, 2.75) is 9.79 Å². The van der Waals surface area contributed by atoms with Crippen LogP contribution in [0.4, 0.5) is 0 Å². The fourth-order valence-corrected chi connectivity index (χ4v) is 1.84. The molecule has 0 amide bonds. The number of methoxy groups -OCH3 is 1. The van der Waals surface area contributed by atoms with E-state index in [1.165, 1.54) is 19.2 Å². The van der Waals surface area contributed by atoms with E-state index in [9.17, 15) is 9.59 Å². The van der Waals surface area contributed by atoms with E-state index in [2.05, 4.69) is 30.0 Å². The van der Waals surface area contributed by atoms with Crippen molar-refractivity contribution in [3.05, 3.63) is 59.7 Å². The number of rotatable bonds is 2. The highest BCUT2D eigenvalue weighted by Crippen LogP contribution is 2.09. The average molecular weight is 322 g/mol. The molecule has 2 aromatic carbocycles. The number of carbonyl (C=O) groups is 2. The van der Waals surface area contributed by atoms with Crippen molar-refractivity contribution in [2.75, 3.05) is 7.11 Å². The largest absolute Gasteiger partial charge is 0.478 e. The van der Waals surface area contributed by atoms with Gasteiger partial charge >= 0.3 is 11.9 Å². The molecule has 0 spiro atoms. The molecule has 0 bridgehead atoms. The molecule has 0 fully saturated rings. The first-order valence-electron chi connectivity index (χ1n) is 5.83. The standard InChI is InChI=1S/C8H8O2S.C7H6O2S/c1-10-8(9)6-3-2-4-7(11)5-6;8-7(9)5-2-1-3-6(10)4-5/h2-5,11H,1H3;1-4,10H,(H,8,9). The monoisotopic (exact) mass is 322 g/mol. The first kappa shape index (κ1) is 17.1. The summed E-state index contributed by atoms with van der Waals surface area (Å²) in [5, 5.41) is 8.48. The van der Waals surface area contributed by atoms with Crippen LogP contribution in [0.3, 0.4) is 0 Å². The van der Waals surface area contributed by atoms with Gasteiger partial charge in [0.2, 0.25) is 0 Å². The van der Waals surface area contributed by atoms with E-state index in [0.29, 0.717) is 10.5 Å². The maximum absolute atomic E-state index is 10.9. The Balaban J connectivity index is 0.000000211. The van der Waals surface area contributed by atoms with E-state index < -0.39 is 5.97 Å². The van der Waals surface area contributed by atoms with Crippen molar-refractivity contribution in [3.8, 4) is 0 Å². The lowest BCUT2D eigenvalue weighted by Gasteiger charge is -1.98. The number of aromatic carboxylic acids is 1. The maximum Gasteiger partial charge on any atom is 0.337 e. The predicted octanol–water partition coefficient (Wildman–Crippen LogP) is 3.44.